The van der Waals surface area contributed by atoms with Crippen molar-refractivity contribution in [3.63, 3.8) is 0 Å². The van der Waals surface area contributed by atoms with Crippen molar-refractivity contribution < 1.29 is 8.83 Å². The highest BCUT2D eigenvalue weighted by Crippen LogP contribution is 2.55. The van der Waals surface area contributed by atoms with Crippen LogP contribution in [0.25, 0.3) is 208 Å². The molecule has 0 amide bonds. The molecule has 118 heavy (non-hydrogen) atoms. The second-order valence-electron chi connectivity index (χ2n) is 31.2. The number of anilines is 6. The molecule has 548 valence electrons. The highest BCUT2D eigenvalue weighted by Gasteiger charge is 2.29. The van der Waals surface area contributed by atoms with E-state index in [1.165, 1.54) is 75.9 Å². The van der Waals surface area contributed by atoms with Gasteiger partial charge in [-0.1, -0.05) is 328 Å². The van der Waals surface area contributed by atoms with Gasteiger partial charge in [0, 0.05) is 65.7 Å². The Labute approximate surface area is 680 Å². The molecule has 0 aliphatic carbocycles. The number of hydrogen-bond donors (Lipinski definition) is 0. The average Bonchev–Trinajstić information content (AvgIpc) is 1.45. The molecule has 0 spiro atoms. The van der Waals surface area contributed by atoms with Crippen LogP contribution < -0.4 is 9.80 Å². The van der Waals surface area contributed by atoms with Crippen LogP contribution >= 0.6 is 0 Å². The van der Waals surface area contributed by atoms with E-state index in [9.17, 15) is 0 Å². The Morgan fingerprint density at radius 1 is 0.153 bits per heavy atom. The van der Waals surface area contributed by atoms with Gasteiger partial charge in [0.1, 0.15) is 22.3 Å². The lowest BCUT2D eigenvalue weighted by molar-refractivity contribution is 0.672. The monoisotopic (exact) mass is 1500 g/mol. The Morgan fingerprint density at radius 3 is 1.28 bits per heavy atom. The molecule has 0 bridgehead atoms. The maximum Gasteiger partial charge on any atom is 0.144 e. The first-order chi connectivity index (χ1) is 58.5. The Morgan fingerprint density at radius 2 is 0.593 bits per heavy atom. The highest BCUT2D eigenvalue weighted by molar-refractivity contribution is 6.28. The summed E-state index contributed by atoms with van der Waals surface area (Å²) in [6, 6.07) is 157. The van der Waals surface area contributed by atoms with Gasteiger partial charge in [-0.3, -0.25) is 0 Å². The van der Waals surface area contributed by atoms with Crippen LogP contribution in [0.2, 0.25) is 0 Å². The van der Waals surface area contributed by atoms with E-state index in [1.54, 1.807) is 0 Å². The van der Waals surface area contributed by atoms with Crippen molar-refractivity contribution in [1.82, 2.24) is 0 Å². The molecule has 0 N–H and O–H groups in total. The number of benzene rings is 22. The van der Waals surface area contributed by atoms with E-state index >= 15 is 0 Å². The van der Waals surface area contributed by atoms with E-state index in [2.05, 4.69) is 434 Å². The van der Waals surface area contributed by atoms with Crippen LogP contribution in [-0.2, 0) is 0 Å². The molecule has 0 radical (unpaired) electrons. The first kappa shape index (κ1) is 66.9. The van der Waals surface area contributed by atoms with E-state index in [0.717, 1.165) is 166 Å². The molecule has 2 heterocycles. The summed E-state index contributed by atoms with van der Waals surface area (Å²) < 4.78 is 14.8. The Bertz CT molecular complexity index is 8260. The van der Waals surface area contributed by atoms with Gasteiger partial charge in [-0.15, -0.1) is 0 Å². The predicted molar refractivity (Wildman–Crippen MR) is 501 cm³/mol. The summed E-state index contributed by atoms with van der Waals surface area (Å²) in [7, 11) is 0. The molecule has 4 heteroatoms. The maximum atomic E-state index is 7.48. The molecular formula is C114H70N2O2. The molecule has 0 aliphatic heterocycles. The lowest BCUT2D eigenvalue weighted by Crippen LogP contribution is -2.12. The smallest absolute Gasteiger partial charge is 0.144 e. The Balaban J connectivity index is 0.782. The van der Waals surface area contributed by atoms with Crippen LogP contribution in [-0.4, -0.2) is 0 Å². The Hall–Kier alpha value is -15.6. The summed E-state index contributed by atoms with van der Waals surface area (Å²) in [5.41, 5.74) is 22.8. The van der Waals surface area contributed by atoms with Crippen molar-refractivity contribution in [3.8, 4) is 66.8 Å². The van der Waals surface area contributed by atoms with Crippen molar-refractivity contribution in [3.05, 3.63) is 425 Å². The van der Waals surface area contributed by atoms with Gasteiger partial charge in [0.2, 0.25) is 0 Å². The van der Waals surface area contributed by atoms with Crippen LogP contribution in [0.1, 0.15) is 0 Å². The zero-order valence-corrected chi connectivity index (χ0v) is 64.1. The molecule has 24 rings (SSSR count). The van der Waals surface area contributed by atoms with Gasteiger partial charge in [0.25, 0.3) is 0 Å². The van der Waals surface area contributed by atoms with Crippen LogP contribution in [0.15, 0.2) is 433 Å². The van der Waals surface area contributed by atoms with Crippen molar-refractivity contribution in [1.29, 1.82) is 0 Å². The lowest BCUT2D eigenvalue weighted by atomic mass is 9.89. The normalized spacial score (nSPS) is 11.9. The fourth-order valence-corrected chi connectivity index (χ4v) is 19.3. The quantitative estimate of drug-likeness (QED) is 0.114. The summed E-state index contributed by atoms with van der Waals surface area (Å²) in [5.74, 6) is 0. The molecule has 0 atom stereocenters. The molecule has 22 aromatic carbocycles. The fourth-order valence-electron chi connectivity index (χ4n) is 19.3. The van der Waals surface area contributed by atoms with Crippen molar-refractivity contribution in [2.45, 2.75) is 0 Å². The van der Waals surface area contributed by atoms with E-state index in [1.807, 2.05) is 0 Å². The molecule has 0 aliphatic rings. The van der Waals surface area contributed by atoms with E-state index in [4.69, 9.17) is 8.83 Å². The van der Waals surface area contributed by atoms with Gasteiger partial charge in [-0.2, -0.15) is 0 Å². The third kappa shape index (κ3) is 10.8. The molecule has 0 fully saturated rings. The third-order valence-corrected chi connectivity index (χ3v) is 24.7. The second-order valence-corrected chi connectivity index (χ2v) is 31.2. The number of rotatable bonds is 12. The van der Waals surface area contributed by atoms with Crippen molar-refractivity contribution in [2.75, 3.05) is 9.80 Å². The van der Waals surface area contributed by atoms with Gasteiger partial charge >= 0.3 is 0 Å². The van der Waals surface area contributed by atoms with Crippen molar-refractivity contribution in [2.24, 2.45) is 0 Å². The lowest BCUT2D eigenvalue weighted by Gasteiger charge is -2.31. The number of furan rings is 2. The minimum Gasteiger partial charge on any atom is -0.455 e. The SMILES string of the molecule is c1ccc(-c2ccc(N(c3cc(-c4cc5ccccc5c5ccccc45)c4ccccc4c3)c3cc4c5ccccc5oc4c4c(-c5cc6c7ccccc7oc6c6cc(N(c7ccc(-c8cccc9ccccc89)cc7)c7cc(-c8cc9ccccc9c9ccccc89)cc8ccccc78)ccc56)cccc34)c(-c3ccccc3)c2)cc1. The summed E-state index contributed by atoms with van der Waals surface area (Å²) >= 11 is 0. The summed E-state index contributed by atoms with van der Waals surface area (Å²) in [6.45, 7) is 0. The van der Waals surface area contributed by atoms with Crippen LogP contribution in [0, 0.1) is 0 Å². The molecule has 24 aromatic rings. The summed E-state index contributed by atoms with van der Waals surface area (Å²) in [6.07, 6.45) is 0. The highest BCUT2D eigenvalue weighted by atomic mass is 16.3. The van der Waals surface area contributed by atoms with Gasteiger partial charge < -0.3 is 18.6 Å². The van der Waals surface area contributed by atoms with Crippen LogP contribution in [0.3, 0.4) is 0 Å². The standard InChI is InChI=1S/C114H70N2O2/c1-3-27-71(28-4-1)75-55-60-107(100(63-75)73-29-5-2-6-30-73)116(83-62-77-33-8-15-40-88(77)102(68-83)101-65-79-35-10-14-39-87(79)91-43-18-20-45-93(91)101)109-70-106-96-47-22-24-52-111(96)118-114(106)112-97(49-26-50-98(109)112)103-69-105-95-46-21-23-51-110(95)117-113(105)104-67-82(58-59-94(103)104)115(81-56-53-74(54-57-81)85-48-25-36-72-31-7-12-37-84(72)85)108-66-80(61-76-32-11-16-41-89(76)108)99-64-78-34-9-13-38-86(78)90-42-17-19-44-92(90)99/h1-70H. The first-order valence-electron chi connectivity index (χ1n) is 40.6. The topological polar surface area (TPSA) is 32.8 Å². The predicted octanol–water partition coefficient (Wildman–Crippen LogP) is 32.8. The molecule has 2 aromatic heterocycles. The molecule has 0 saturated heterocycles. The van der Waals surface area contributed by atoms with Gasteiger partial charge in [-0.25, -0.2) is 0 Å². The van der Waals surface area contributed by atoms with Gasteiger partial charge in [0.05, 0.1) is 17.1 Å². The summed E-state index contributed by atoms with van der Waals surface area (Å²) in [5, 5.41) is 24.8. The minimum atomic E-state index is 0.811. The first-order valence-corrected chi connectivity index (χ1v) is 40.6. The number of nitrogens with zero attached hydrogens (tertiary/aromatic N) is 2. The van der Waals surface area contributed by atoms with Crippen molar-refractivity contribution >= 4 is 175 Å². The summed E-state index contributed by atoms with van der Waals surface area (Å²) in [4.78, 5) is 5.04. The molecule has 0 saturated carbocycles. The fraction of sp³-hybridized carbons (Fsp3) is 0. The third-order valence-electron chi connectivity index (χ3n) is 24.7. The zero-order valence-electron chi connectivity index (χ0n) is 64.1. The van der Waals surface area contributed by atoms with Gasteiger partial charge in [0.15, 0.2) is 0 Å². The van der Waals surface area contributed by atoms with Crippen LogP contribution in [0.5, 0.6) is 0 Å². The Kier molecular flexibility index (Phi) is 15.3. The number of fused-ring (bicyclic) bond motifs is 19. The second kappa shape index (κ2) is 27.0. The maximum absolute atomic E-state index is 7.48. The molecular weight excluding hydrogens is 1430 g/mol. The average molecular weight is 1500 g/mol. The largest absolute Gasteiger partial charge is 0.455 e. The minimum absolute atomic E-state index is 0.811. The van der Waals surface area contributed by atoms with Gasteiger partial charge in [-0.05, 0) is 234 Å². The van der Waals surface area contributed by atoms with E-state index in [0.29, 0.717) is 0 Å². The van der Waals surface area contributed by atoms with Crippen LogP contribution in [0.4, 0.5) is 34.1 Å². The number of hydrogen-bond acceptors (Lipinski definition) is 4. The molecule has 0 unspecified atom stereocenters. The molecule has 4 nitrogen and oxygen atoms in total. The van der Waals surface area contributed by atoms with E-state index < -0.39 is 0 Å². The zero-order chi connectivity index (χ0) is 77.5. The number of para-hydroxylation sites is 2. The van der Waals surface area contributed by atoms with E-state index in [-0.39, 0.29) is 0 Å².